The predicted molar refractivity (Wildman–Crippen MR) is 41.8 cm³/mol. The van der Waals surface area contributed by atoms with Crippen LogP contribution in [-0.2, 0) is 0 Å². The summed E-state index contributed by atoms with van der Waals surface area (Å²) in [6, 6.07) is -0.729. The Morgan fingerprint density at radius 1 is 1.38 bits per heavy atom. The number of rotatable bonds is 0. The van der Waals surface area contributed by atoms with Gasteiger partial charge in [0, 0.05) is 0 Å². The van der Waals surface area contributed by atoms with Gasteiger partial charge in [-0.3, -0.25) is 4.99 Å². The number of alkyl halides is 3. The van der Waals surface area contributed by atoms with E-state index in [1.165, 1.54) is 12.3 Å². The number of hydrazone groups is 1. The van der Waals surface area contributed by atoms with Gasteiger partial charge in [0.1, 0.15) is 11.8 Å². The smallest absolute Gasteiger partial charge is 0.301 e. The molecule has 70 valence electrons. The topological polar surface area (TPSA) is 36.8 Å². The molecule has 6 heteroatoms. The Morgan fingerprint density at radius 3 is 2.85 bits per heavy atom. The lowest BCUT2D eigenvalue weighted by Gasteiger charge is -2.17. The number of dihydropyridines is 1. The summed E-state index contributed by atoms with van der Waals surface area (Å²) < 4.78 is 36.5. The lowest BCUT2D eigenvalue weighted by molar-refractivity contribution is -0.0581. The van der Waals surface area contributed by atoms with Gasteiger partial charge in [0.25, 0.3) is 0 Å². The molecule has 2 atom stereocenters. The van der Waals surface area contributed by atoms with E-state index in [0.717, 1.165) is 6.08 Å². The van der Waals surface area contributed by atoms with Crippen molar-refractivity contribution in [2.75, 3.05) is 0 Å². The average molecular weight is 189 g/mol. The second-order valence-electron chi connectivity index (χ2n) is 2.79. The third kappa shape index (κ3) is 1.43. The van der Waals surface area contributed by atoms with Crippen molar-refractivity contribution >= 4 is 11.9 Å². The van der Waals surface area contributed by atoms with Crippen molar-refractivity contribution in [3.63, 3.8) is 0 Å². The number of hydrogen-bond acceptors (Lipinski definition) is 3. The van der Waals surface area contributed by atoms with Crippen LogP contribution in [0.3, 0.4) is 0 Å². The van der Waals surface area contributed by atoms with Gasteiger partial charge in [-0.15, -0.1) is 0 Å². The van der Waals surface area contributed by atoms with E-state index < -0.39 is 17.9 Å². The van der Waals surface area contributed by atoms with Crippen LogP contribution in [0.4, 0.5) is 13.2 Å². The van der Waals surface area contributed by atoms with Crippen LogP contribution < -0.4 is 5.43 Å². The summed E-state index contributed by atoms with van der Waals surface area (Å²) in [6.45, 7) is 0. The third-order valence-electron chi connectivity index (χ3n) is 1.86. The Morgan fingerprint density at radius 2 is 2.15 bits per heavy atom. The van der Waals surface area contributed by atoms with Gasteiger partial charge in [-0.05, 0) is 6.08 Å². The standard InChI is InChI=1S/C7H6F3N3/c8-7(9,10)6-2-1-4-5(12-6)3-11-13-4/h1-5,13H. The molecule has 3 nitrogen and oxygen atoms in total. The van der Waals surface area contributed by atoms with Crippen molar-refractivity contribution in [3.8, 4) is 0 Å². The molecular formula is C7H6F3N3. The number of hydrogen-bond donors (Lipinski definition) is 1. The molecule has 0 saturated carbocycles. The molecule has 2 heterocycles. The Hall–Kier alpha value is -1.33. The highest BCUT2D eigenvalue weighted by Gasteiger charge is 2.37. The summed E-state index contributed by atoms with van der Waals surface area (Å²) in [7, 11) is 0. The SMILES string of the molecule is FC(F)(F)C1=NC2C=NNC2C=C1. The highest BCUT2D eigenvalue weighted by Crippen LogP contribution is 2.22. The zero-order valence-corrected chi connectivity index (χ0v) is 6.42. The maximum absolute atomic E-state index is 12.2. The van der Waals surface area contributed by atoms with Crippen LogP contribution in [0.15, 0.2) is 22.2 Å². The molecule has 2 aliphatic heterocycles. The normalized spacial score (nSPS) is 31.2. The van der Waals surface area contributed by atoms with Gasteiger partial charge in [0.2, 0.25) is 0 Å². The van der Waals surface area contributed by atoms with Gasteiger partial charge in [0.15, 0.2) is 0 Å². The minimum Gasteiger partial charge on any atom is -0.301 e. The van der Waals surface area contributed by atoms with Crippen molar-refractivity contribution in [2.24, 2.45) is 10.1 Å². The Bertz CT molecular complexity index is 303. The molecule has 13 heavy (non-hydrogen) atoms. The molecule has 0 aromatic heterocycles. The second-order valence-corrected chi connectivity index (χ2v) is 2.79. The monoisotopic (exact) mass is 189 g/mol. The molecule has 0 fully saturated rings. The molecule has 0 aliphatic carbocycles. The summed E-state index contributed by atoms with van der Waals surface area (Å²) >= 11 is 0. The molecule has 0 aromatic carbocycles. The molecule has 2 rings (SSSR count). The van der Waals surface area contributed by atoms with Crippen molar-refractivity contribution in [1.29, 1.82) is 0 Å². The molecule has 1 N–H and O–H groups in total. The van der Waals surface area contributed by atoms with Crippen molar-refractivity contribution in [1.82, 2.24) is 5.43 Å². The number of aliphatic imine (C=N–C) groups is 1. The highest BCUT2D eigenvalue weighted by molar-refractivity contribution is 6.01. The Labute approximate surface area is 72.0 Å². The van der Waals surface area contributed by atoms with E-state index in [4.69, 9.17) is 0 Å². The minimum absolute atomic E-state index is 0.217. The van der Waals surface area contributed by atoms with Crippen LogP contribution in [0.25, 0.3) is 0 Å². The first-order valence-electron chi connectivity index (χ1n) is 3.69. The first-order valence-corrected chi connectivity index (χ1v) is 3.69. The van der Waals surface area contributed by atoms with Crippen molar-refractivity contribution in [2.45, 2.75) is 18.3 Å². The number of halogens is 3. The zero-order valence-electron chi connectivity index (χ0n) is 6.42. The average Bonchev–Trinajstić information content (AvgIpc) is 2.47. The maximum Gasteiger partial charge on any atom is 0.432 e. The molecule has 0 radical (unpaired) electrons. The second kappa shape index (κ2) is 2.58. The van der Waals surface area contributed by atoms with E-state index in [1.807, 2.05) is 0 Å². The van der Waals surface area contributed by atoms with E-state index in [2.05, 4.69) is 15.5 Å². The van der Waals surface area contributed by atoms with Gasteiger partial charge in [-0.2, -0.15) is 18.3 Å². The highest BCUT2D eigenvalue weighted by atomic mass is 19.4. The quantitative estimate of drug-likeness (QED) is 0.603. The molecule has 0 spiro atoms. The molecule has 0 bridgehead atoms. The maximum atomic E-state index is 12.2. The number of fused-ring (bicyclic) bond motifs is 1. The van der Waals surface area contributed by atoms with Gasteiger partial charge < -0.3 is 5.43 Å². The fraction of sp³-hybridized carbons (Fsp3) is 0.429. The molecular weight excluding hydrogens is 183 g/mol. The van der Waals surface area contributed by atoms with E-state index in [0.29, 0.717) is 0 Å². The van der Waals surface area contributed by atoms with E-state index in [-0.39, 0.29) is 6.04 Å². The number of nitrogens with zero attached hydrogens (tertiary/aromatic N) is 2. The zero-order chi connectivity index (χ0) is 9.47. The van der Waals surface area contributed by atoms with Crippen LogP contribution in [0.2, 0.25) is 0 Å². The molecule has 0 aromatic rings. The van der Waals surface area contributed by atoms with Crippen molar-refractivity contribution < 1.29 is 13.2 Å². The molecule has 0 saturated heterocycles. The van der Waals surface area contributed by atoms with Crippen LogP contribution in [0.5, 0.6) is 0 Å². The summed E-state index contributed by atoms with van der Waals surface area (Å²) in [5, 5.41) is 3.64. The fourth-order valence-electron chi connectivity index (χ4n) is 1.21. The van der Waals surface area contributed by atoms with E-state index in [1.54, 1.807) is 0 Å². The molecule has 2 aliphatic rings. The van der Waals surface area contributed by atoms with Crippen LogP contribution in [0.1, 0.15) is 0 Å². The lowest BCUT2D eigenvalue weighted by Crippen LogP contribution is -2.35. The summed E-state index contributed by atoms with van der Waals surface area (Å²) in [4.78, 5) is 3.51. The predicted octanol–water partition coefficient (Wildman–Crippen LogP) is 0.886. The number of allylic oxidation sites excluding steroid dienone is 1. The van der Waals surface area contributed by atoms with Crippen LogP contribution in [-0.4, -0.2) is 30.2 Å². The van der Waals surface area contributed by atoms with Crippen molar-refractivity contribution in [3.05, 3.63) is 12.2 Å². The fourth-order valence-corrected chi connectivity index (χ4v) is 1.21. The largest absolute Gasteiger partial charge is 0.432 e. The van der Waals surface area contributed by atoms with Gasteiger partial charge in [-0.25, -0.2) is 0 Å². The molecule has 2 unspecified atom stereocenters. The van der Waals surface area contributed by atoms with Gasteiger partial charge in [-0.1, -0.05) is 6.08 Å². The lowest BCUT2D eigenvalue weighted by atomic mass is 10.1. The summed E-state index contributed by atoms with van der Waals surface area (Å²) in [5.74, 6) is 0. The van der Waals surface area contributed by atoms with Gasteiger partial charge >= 0.3 is 6.18 Å². The summed E-state index contributed by atoms with van der Waals surface area (Å²) in [6.07, 6.45) is -0.589. The third-order valence-corrected chi connectivity index (χ3v) is 1.86. The van der Waals surface area contributed by atoms with E-state index in [9.17, 15) is 13.2 Å². The Balaban J connectivity index is 2.24. The van der Waals surface area contributed by atoms with E-state index >= 15 is 0 Å². The minimum atomic E-state index is -4.36. The Kier molecular flexibility index (Phi) is 1.64. The van der Waals surface area contributed by atoms with Crippen LogP contribution in [0, 0.1) is 0 Å². The first-order chi connectivity index (χ1) is 6.07. The van der Waals surface area contributed by atoms with Crippen LogP contribution >= 0.6 is 0 Å². The molecule has 0 amide bonds. The number of nitrogens with one attached hydrogen (secondary N) is 1. The summed E-state index contributed by atoms with van der Waals surface area (Å²) in [5.41, 5.74) is 1.80. The van der Waals surface area contributed by atoms with Gasteiger partial charge in [0.05, 0.1) is 12.3 Å². The first kappa shape index (κ1) is 8.28.